The van der Waals surface area contributed by atoms with Crippen LogP contribution in [0, 0.1) is 5.82 Å². The fourth-order valence-electron chi connectivity index (χ4n) is 8.81. The third-order valence-electron chi connectivity index (χ3n) is 10.8. The molecule has 7 heterocycles. The summed E-state index contributed by atoms with van der Waals surface area (Å²) < 4.78 is 38.2. The number of nitrogens with zero attached hydrogens (tertiary/aromatic N) is 6. The summed E-state index contributed by atoms with van der Waals surface area (Å²) in [5.41, 5.74) is 3.83. The lowest BCUT2D eigenvalue weighted by Crippen LogP contribution is -2.51. The molecule has 2 bridgehead atoms. The van der Waals surface area contributed by atoms with Gasteiger partial charge < -0.3 is 20.1 Å². The number of aryl methyl sites for hydroxylation is 1. The zero-order valence-corrected chi connectivity index (χ0v) is 25.8. The summed E-state index contributed by atoms with van der Waals surface area (Å²) in [5.74, 6) is 0.593. The van der Waals surface area contributed by atoms with Gasteiger partial charge in [-0.3, -0.25) is 9.30 Å². The molecule has 4 fully saturated rings. The zero-order chi connectivity index (χ0) is 31.2. The zero-order valence-electron chi connectivity index (χ0n) is 25.8. The van der Waals surface area contributed by atoms with E-state index in [0.29, 0.717) is 60.4 Å². The normalized spacial score (nSPS) is 26.2. The summed E-state index contributed by atoms with van der Waals surface area (Å²) in [6.07, 6.45) is 7.96. The maximum Gasteiger partial charge on any atom is 0.319 e. The van der Waals surface area contributed by atoms with Crippen LogP contribution in [-0.4, -0.2) is 85.9 Å². The maximum absolute atomic E-state index is 15.2. The van der Waals surface area contributed by atoms with Gasteiger partial charge in [0.05, 0.1) is 11.1 Å². The molecule has 11 heteroatoms. The van der Waals surface area contributed by atoms with E-state index in [1.807, 2.05) is 23.6 Å². The highest BCUT2D eigenvalue weighted by atomic mass is 19.1. The number of ether oxygens (including phenoxy) is 1. The van der Waals surface area contributed by atoms with Gasteiger partial charge in [0.25, 0.3) is 0 Å². The molecular weight excluding hydrogens is 588 g/mol. The summed E-state index contributed by atoms with van der Waals surface area (Å²) in [5, 5.41) is 16.0. The summed E-state index contributed by atoms with van der Waals surface area (Å²) in [6.45, 7) is 5.25. The number of piperazine rings is 1. The predicted octanol–water partition coefficient (Wildman–Crippen LogP) is 5.40. The van der Waals surface area contributed by atoms with E-state index < -0.39 is 6.17 Å². The molecule has 5 aromatic rings. The Morgan fingerprint density at radius 1 is 1.09 bits per heavy atom. The predicted molar refractivity (Wildman–Crippen MR) is 173 cm³/mol. The molecule has 0 radical (unpaired) electrons. The Labute approximate surface area is 265 Å². The second kappa shape index (κ2) is 10.5. The van der Waals surface area contributed by atoms with Gasteiger partial charge in [-0.15, -0.1) is 0 Å². The van der Waals surface area contributed by atoms with E-state index in [1.165, 1.54) is 6.07 Å². The van der Waals surface area contributed by atoms with Gasteiger partial charge in [0.2, 0.25) is 0 Å². The first-order chi connectivity index (χ1) is 22.4. The lowest BCUT2D eigenvalue weighted by atomic mass is 9.93. The fourth-order valence-corrected chi connectivity index (χ4v) is 8.81. The van der Waals surface area contributed by atoms with Crippen molar-refractivity contribution in [2.45, 2.75) is 69.2 Å². The van der Waals surface area contributed by atoms with Gasteiger partial charge in [-0.2, -0.15) is 9.97 Å². The van der Waals surface area contributed by atoms with E-state index in [9.17, 15) is 9.50 Å². The molecule has 46 heavy (non-hydrogen) atoms. The van der Waals surface area contributed by atoms with Crippen LogP contribution in [0.15, 0.2) is 42.7 Å². The van der Waals surface area contributed by atoms with Crippen molar-refractivity contribution in [3.05, 3.63) is 54.1 Å². The number of fused-ring (bicyclic) bond motifs is 7. The number of benzene rings is 2. The fraction of sp³-hybridized carbons (Fsp3) is 0.457. The van der Waals surface area contributed by atoms with Gasteiger partial charge >= 0.3 is 6.01 Å². The largest absolute Gasteiger partial charge is 0.508 e. The molecule has 0 saturated carbocycles. The standard InChI is InChI=1S/C35H37F2N7O2/c1-2-25-28(37)7-4-20-12-24(45)13-26(30(20)25)27-14-29-31(44-11-9-38-32(27)44)33(42-17-22-5-6-23(18-42)39-22)41-34(40-29)46-19-35-8-3-10-43(35)16-21(36)15-35/h4,7,9,11-14,21-23,39,45H,2-3,5-6,8,10,15-19H2,1H3/t21-,22-,23+,35+/m1/s1. The molecule has 9 rings (SSSR count). The molecule has 9 nitrogen and oxygen atoms in total. The quantitative estimate of drug-likeness (QED) is 0.259. The molecule has 238 valence electrons. The molecule has 0 aliphatic carbocycles. The van der Waals surface area contributed by atoms with Gasteiger partial charge in [0.15, 0.2) is 5.82 Å². The number of anilines is 1. The number of imidazole rings is 1. The molecule has 0 amide bonds. The van der Waals surface area contributed by atoms with Crippen LogP contribution in [0.4, 0.5) is 14.6 Å². The molecule has 0 unspecified atom stereocenters. The number of alkyl halides is 1. The topological polar surface area (TPSA) is 91.1 Å². The van der Waals surface area contributed by atoms with Gasteiger partial charge in [-0.25, -0.2) is 13.8 Å². The third-order valence-corrected chi connectivity index (χ3v) is 10.8. The van der Waals surface area contributed by atoms with E-state index >= 15 is 4.39 Å². The highest BCUT2D eigenvalue weighted by Crippen LogP contribution is 2.42. The van der Waals surface area contributed by atoms with E-state index in [4.69, 9.17) is 19.7 Å². The molecule has 3 aromatic heterocycles. The SMILES string of the molecule is CCc1c(F)ccc2cc(O)cc(-c3cc4nc(OC[C@@]56CCCN5C[C@H](F)C6)nc(N5C[C@H]6CC[C@@H](C5)N6)c4n4ccnc34)c12. The van der Waals surface area contributed by atoms with Crippen molar-refractivity contribution in [2.75, 3.05) is 37.7 Å². The van der Waals surface area contributed by atoms with Crippen LogP contribution in [0.5, 0.6) is 11.8 Å². The van der Waals surface area contributed by atoms with Crippen LogP contribution in [0.3, 0.4) is 0 Å². The number of aromatic hydroxyl groups is 1. The molecule has 4 aliphatic heterocycles. The van der Waals surface area contributed by atoms with E-state index in [-0.39, 0.29) is 23.1 Å². The number of phenolic OH excluding ortho intramolecular Hbond substituents is 1. The minimum atomic E-state index is -0.847. The smallest absolute Gasteiger partial charge is 0.319 e. The first-order valence-corrected chi connectivity index (χ1v) is 16.5. The van der Waals surface area contributed by atoms with Crippen molar-refractivity contribution in [1.29, 1.82) is 0 Å². The van der Waals surface area contributed by atoms with Crippen molar-refractivity contribution in [3.63, 3.8) is 0 Å². The number of aromatic nitrogens is 4. The van der Waals surface area contributed by atoms with E-state index in [1.54, 1.807) is 24.4 Å². The Morgan fingerprint density at radius 2 is 1.93 bits per heavy atom. The van der Waals surface area contributed by atoms with Gasteiger partial charge in [0.1, 0.15) is 35.5 Å². The second-order valence-corrected chi connectivity index (χ2v) is 13.6. The van der Waals surface area contributed by atoms with Gasteiger partial charge in [0, 0.05) is 56.1 Å². The first-order valence-electron chi connectivity index (χ1n) is 16.5. The minimum absolute atomic E-state index is 0.0905. The Balaban J connectivity index is 1.24. The van der Waals surface area contributed by atoms with Crippen LogP contribution in [0.25, 0.3) is 38.6 Å². The molecule has 4 atom stereocenters. The average Bonchev–Trinajstić information content (AvgIpc) is 3.82. The Bertz CT molecular complexity index is 2000. The molecule has 2 N–H and O–H groups in total. The monoisotopic (exact) mass is 625 g/mol. The number of phenols is 1. The van der Waals surface area contributed by atoms with E-state index in [2.05, 4.69) is 15.1 Å². The lowest BCUT2D eigenvalue weighted by Gasteiger charge is -2.34. The van der Waals surface area contributed by atoms with Crippen LogP contribution in [0.2, 0.25) is 0 Å². The Kier molecular flexibility index (Phi) is 6.41. The number of pyridine rings is 1. The molecule has 2 aromatic carbocycles. The summed E-state index contributed by atoms with van der Waals surface area (Å²) in [6, 6.07) is 9.53. The third kappa shape index (κ3) is 4.35. The number of rotatable bonds is 6. The average molecular weight is 626 g/mol. The van der Waals surface area contributed by atoms with Crippen molar-refractivity contribution in [3.8, 4) is 22.9 Å². The van der Waals surface area contributed by atoms with Gasteiger partial charge in [-0.1, -0.05) is 13.0 Å². The molecule has 4 aliphatic rings. The Morgan fingerprint density at radius 3 is 2.76 bits per heavy atom. The van der Waals surface area contributed by atoms with Crippen molar-refractivity contribution in [2.24, 2.45) is 0 Å². The number of hydrogen-bond acceptors (Lipinski definition) is 8. The van der Waals surface area contributed by atoms with Crippen molar-refractivity contribution < 1.29 is 18.6 Å². The maximum atomic E-state index is 15.2. The highest BCUT2D eigenvalue weighted by molar-refractivity contribution is 6.05. The van der Waals surface area contributed by atoms with Gasteiger partial charge in [-0.05, 0) is 84.8 Å². The molecule has 0 spiro atoms. The summed E-state index contributed by atoms with van der Waals surface area (Å²) in [7, 11) is 0. The number of nitrogens with one attached hydrogen (secondary N) is 1. The molecule has 4 saturated heterocycles. The number of hydrogen-bond donors (Lipinski definition) is 2. The van der Waals surface area contributed by atoms with Crippen LogP contribution >= 0.6 is 0 Å². The van der Waals surface area contributed by atoms with Crippen LogP contribution < -0.4 is 15.0 Å². The summed E-state index contributed by atoms with van der Waals surface area (Å²) in [4.78, 5) is 19.4. The van der Waals surface area contributed by atoms with Crippen molar-refractivity contribution >= 4 is 33.3 Å². The molecular formula is C35H37F2N7O2. The minimum Gasteiger partial charge on any atom is -0.508 e. The van der Waals surface area contributed by atoms with Crippen molar-refractivity contribution in [1.82, 2.24) is 29.6 Å². The Hall–Kier alpha value is -4.09. The van der Waals surface area contributed by atoms with Crippen LogP contribution in [-0.2, 0) is 6.42 Å². The lowest BCUT2D eigenvalue weighted by molar-refractivity contribution is 0.107. The second-order valence-electron chi connectivity index (χ2n) is 13.6. The van der Waals surface area contributed by atoms with Crippen LogP contribution in [0.1, 0.15) is 44.6 Å². The number of halogens is 2. The summed E-state index contributed by atoms with van der Waals surface area (Å²) >= 11 is 0. The highest BCUT2D eigenvalue weighted by Gasteiger charge is 2.49. The van der Waals surface area contributed by atoms with E-state index in [0.717, 1.165) is 73.0 Å². The first kappa shape index (κ1) is 28.2.